The number of esters is 1. The van der Waals surface area contributed by atoms with E-state index in [0.717, 1.165) is 11.8 Å². The topological polar surface area (TPSA) is 108 Å². The highest BCUT2D eigenvalue weighted by Gasteiger charge is 2.24. The molecule has 0 heterocycles. The Hall–Kier alpha value is -3.07. The van der Waals surface area contributed by atoms with E-state index in [1.54, 1.807) is 32.9 Å². The molecule has 0 saturated carbocycles. The summed E-state index contributed by atoms with van der Waals surface area (Å²) in [6.07, 6.45) is 0.106. The summed E-state index contributed by atoms with van der Waals surface area (Å²) in [5.41, 5.74) is 0.704. The molecule has 2 rings (SSSR count). The van der Waals surface area contributed by atoms with Crippen molar-refractivity contribution in [1.82, 2.24) is 5.32 Å². The Morgan fingerprint density at radius 3 is 2.16 bits per heavy atom. The van der Waals surface area contributed by atoms with Crippen LogP contribution in [0.3, 0.4) is 0 Å². The van der Waals surface area contributed by atoms with Crippen molar-refractivity contribution >= 4 is 22.2 Å². The van der Waals surface area contributed by atoms with Gasteiger partial charge in [0.15, 0.2) is 0 Å². The second kappa shape index (κ2) is 10.3. The molecule has 1 N–H and O–H groups in total. The second-order valence-corrected chi connectivity index (χ2v) is 9.48. The monoisotopic (exact) mass is 449 g/mol. The van der Waals surface area contributed by atoms with Crippen LogP contribution in [0.15, 0.2) is 54.6 Å². The maximum Gasteiger partial charge on any atom is 0.407 e. The maximum atomic E-state index is 12.3. The fraction of sp³-hybridized carbons (Fsp3) is 0.364. The highest BCUT2D eigenvalue weighted by molar-refractivity contribution is 7.86. The highest BCUT2D eigenvalue weighted by atomic mass is 32.2. The lowest BCUT2D eigenvalue weighted by atomic mass is 10.0. The van der Waals surface area contributed by atoms with Gasteiger partial charge < -0.3 is 19.0 Å². The molecule has 0 spiro atoms. The molecule has 0 aliphatic heterocycles. The summed E-state index contributed by atoms with van der Waals surface area (Å²) in [4.78, 5) is 24.7. The predicted molar refractivity (Wildman–Crippen MR) is 115 cm³/mol. The van der Waals surface area contributed by atoms with Gasteiger partial charge in [0.2, 0.25) is 0 Å². The van der Waals surface area contributed by atoms with Gasteiger partial charge in [-0.3, -0.25) is 4.79 Å². The number of nitrogens with one attached hydrogen (secondary N) is 1. The first kappa shape index (κ1) is 24.2. The van der Waals surface area contributed by atoms with Crippen molar-refractivity contribution in [1.29, 1.82) is 0 Å². The zero-order valence-corrected chi connectivity index (χ0v) is 18.8. The molecule has 0 aromatic heterocycles. The van der Waals surface area contributed by atoms with Crippen molar-refractivity contribution < 1.29 is 31.7 Å². The van der Waals surface area contributed by atoms with Gasteiger partial charge in [0.1, 0.15) is 18.0 Å². The van der Waals surface area contributed by atoms with E-state index in [-0.39, 0.29) is 18.8 Å². The first-order valence-electron chi connectivity index (χ1n) is 9.60. The van der Waals surface area contributed by atoms with Crippen molar-refractivity contribution in [3.05, 3.63) is 65.7 Å². The Labute approximate surface area is 182 Å². The molecule has 31 heavy (non-hydrogen) atoms. The summed E-state index contributed by atoms with van der Waals surface area (Å²) >= 11 is 0. The summed E-state index contributed by atoms with van der Waals surface area (Å²) < 4.78 is 38.0. The van der Waals surface area contributed by atoms with Gasteiger partial charge in [-0.25, -0.2) is 4.79 Å². The van der Waals surface area contributed by atoms with Gasteiger partial charge in [0, 0.05) is 0 Å². The Kier molecular flexibility index (Phi) is 8.04. The van der Waals surface area contributed by atoms with Crippen LogP contribution in [0.2, 0.25) is 0 Å². The number of carbonyl (C=O) groups is 2. The quantitative estimate of drug-likeness (QED) is 0.483. The van der Waals surface area contributed by atoms with E-state index in [4.69, 9.17) is 13.7 Å². The number of amides is 1. The standard InChI is InChI=1S/C22H27NO7S/c1-22(2,3)29-20(24)14-19(17-10-12-18(13-11-17)30-31(4,26)27)23-21(25)28-15-16-8-6-5-7-9-16/h5-13,19H,14-15H2,1-4H3,(H,23,25). The third-order valence-electron chi connectivity index (χ3n) is 3.83. The molecule has 8 nitrogen and oxygen atoms in total. The second-order valence-electron chi connectivity index (χ2n) is 7.91. The average molecular weight is 450 g/mol. The number of rotatable bonds is 8. The van der Waals surface area contributed by atoms with Gasteiger partial charge in [0.05, 0.1) is 18.7 Å². The van der Waals surface area contributed by atoms with Crippen LogP contribution in [-0.2, 0) is 31.0 Å². The molecule has 1 atom stereocenters. The molecule has 0 aliphatic carbocycles. The Bertz CT molecular complexity index is 981. The van der Waals surface area contributed by atoms with Crippen LogP contribution >= 0.6 is 0 Å². The van der Waals surface area contributed by atoms with Gasteiger partial charge in [-0.2, -0.15) is 8.42 Å². The number of hydrogen-bond donors (Lipinski definition) is 1. The van der Waals surface area contributed by atoms with Crippen LogP contribution < -0.4 is 9.50 Å². The van der Waals surface area contributed by atoms with E-state index in [0.29, 0.717) is 5.56 Å². The minimum atomic E-state index is -3.67. The summed E-state index contributed by atoms with van der Waals surface area (Å²) in [6, 6.07) is 14.4. The summed E-state index contributed by atoms with van der Waals surface area (Å²) in [5.74, 6) is -0.383. The van der Waals surface area contributed by atoms with Crippen LogP contribution in [0.1, 0.15) is 44.4 Å². The number of carbonyl (C=O) groups excluding carboxylic acids is 2. The third-order valence-corrected chi connectivity index (χ3v) is 4.32. The predicted octanol–water partition coefficient (Wildman–Crippen LogP) is 3.72. The van der Waals surface area contributed by atoms with Crippen molar-refractivity contribution in [2.24, 2.45) is 0 Å². The lowest BCUT2D eigenvalue weighted by molar-refractivity contribution is -0.155. The Morgan fingerprint density at radius 2 is 1.61 bits per heavy atom. The summed E-state index contributed by atoms with van der Waals surface area (Å²) in [7, 11) is -3.67. The zero-order chi connectivity index (χ0) is 23.1. The highest BCUT2D eigenvalue weighted by Crippen LogP contribution is 2.23. The van der Waals surface area contributed by atoms with Gasteiger partial charge in [-0.15, -0.1) is 0 Å². The largest absolute Gasteiger partial charge is 0.460 e. The van der Waals surface area contributed by atoms with Crippen molar-refractivity contribution in [2.75, 3.05) is 6.26 Å². The Balaban J connectivity index is 2.11. The van der Waals surface area contributed by atoms with Gasteiger partial charge >= 0.3 is 22.2 Å². The normalized spacial score (nSPS) is 12.5. The molecule has 0 aliphatic rings. The lowest BCUT2D eigenvalue weighted by Crippen LogP contribution is -2.33. The molecule has 0 saturated heterocycles. The lowest BCUT2D eigenvalue weighted by Gasteiger charge is -2.23. The van der Waals surface area contributed by atoms with Gasteiger partial charge in [0.25, 0.3) is 0 Å². The Morgan fingerprint density at radius 1 is 1.00 bits per heavy atom. The van der Waals surface area contributed by atoms with E-state index in [1.807, 2.05) is 30.3 Å². The van der Waals surface area contributed by atoms with Crippen LogP contribution in [-0.4, -0.2) is 32.3 Å². The van der Waals surface area contributed by atoms with Crippen LogP contribution in [0.25, 0.3) is 0 Å². The molecular weight excluding hydrogens is 422 g/mol. The molecule has 0 radical (unpaired) electrons. The molecule has 168 valence electrons. The fourth-order valence-corrected chi connectivity index (χ4v) is 3.10. The van der Waals surface area contributed by atoms with E-state index in [9.17, 15) is 18.0 Å². The molecule has 9 heteroatoms. The van der Waals surface area contributed by atoms with Gasteiger partial charge in [-0.1, -0.05) is 42.5 Å². The number of alkyl carbamates (subject to hydrolysis) is 1. The minimum absolute atomic E-state index is 0.0764. The molecule has 0 bridgehead atoms. The van der Waals surface area contributed by atoms with Crippen LogP contribution in [0, 0.1) is 0 Å². The smallest absolute Gasteiger partial charge is 0.407 e. The third kappa shape index (κ3) is 9.52. The SMILES string of the molecule is CC(C)(C)OC(=O)CC(NC(=O)OCc1ccccc1)c1ccc(OS(C)(=O)=O)cc1. The number of ether oxygens (including phenoxy) is 2. The molecule has 1 unspecified atom stereocenters. The van der Waals surface area contributed by atoms with Crippen LogP contribution in [0.4, 0.5) is 4.79 Å². The first-order valence-corrected chi connectivity index (χ1v) is 11.4. The molecule has 1 amide bonds. The summed E-state index contributed by atoms with van der Waals surface area (Å²) in [5, 5.41) is 2.67. The molecule has 0 fully saturated rings. The number of hydrogen-bond acceptors (Lipinski definition) is 7. The van der Waals surface area contributed by atoms with Gasteiger partial charge in [-0.05, 0) is 44.0 Å². The molecule has 2 aromatic carbocycles. The molecule has 2 aromatic rings. The van der Waals surface area contributed by atoms with E-state index < -0.39 is 33.8 Å². The first-order chi connectivity index (χ1) is 14.4. The summed E-state index contributed by atoms with van der Waals surface area (Å²) in [6.45, 7) is 5.32. The zero-order valence-electron chi connectivity index (χ0n) is 18.0. The van der Waals surface area contributed by atoms with E-state index in [1.165, 1.54) is 12.1 Å². The van der Waals surface area contributed by atoms with E-state index in [2.05, 4.69) is 5.32 Å². The van der Waals surface area contributed by atoms with Crippen LogP contribution in [0.5, 0.6) is 5.75 Å². The van der Waals surface area contributed by atoms with Crippen molar-refractivity contribution in [3.63, 3.8) is 0 Å². The van der Waals surface area contributed by atoms with E-state index >= 15 is 0 Å². The van der Waals surface area contributed by atoms with Crippen molar-refractivity contribution in [3.8, 4) is 5.75 Å². The number of benzene rings is 2. The molecular formula is C22H27NO7S. The van der Waals surface area contributed by atoms with Crippen molar-refractivity contribution in [2.45, 2.75) is 45.4 Å². The minimum Gasteiger partial charge on any atom is -0.460 e. The average Bonchev–Trinajstić information content (AvgIpc) is 2.64. The fourth-order valence-electron chi connectivity index (χ4n) is 2.64. The maximum absolute atomic E-state index is 12.3.